The fourth-order valence-electron chi connectivity index (χ4n) is 0.823. The highest BCUT2D eigenvalue weighted by Crippen LogP contribution is 2.01. The summed E-state index contributed by atoms with van der Waals surface area (Å²) in [6, 6.07) is 0. The monoisotopic (exact) mass is 253 g/mol. The minimum Gasteiger partial charge on any atom is -0.355 e. The Bertz CT molecular complexity index is 122. The molecule has 0 aliphatic heterocycles. The molecule has 1 N–H and O–H groups in total. The Morgan fingerprint density at radius 2 is 2.17 bits per heavy atom. The lowest BCUT2D eigenvalue weighted by Crippen LogP contribution is -2.25. The Labute approximate surface area is 87.0 Å². The second-order valence-corrected chi connectivity index (χ2v) is 4.08. The summed E-state index contributed by atoms with van der Waals surface area (Å²) in [4.78, 5) is 10.7. The highest BCUT2D eigenvalue weighted by molar-refractivity contribution is 9.09. The van der Waals surface area contributed by atoms with Crippen molar-refractivity contribution in [1.82, 2.24) is 5.32 Å². The van der Waals surface area contributed by atoms with Crippen molar-refractivity contribution in [3.05, 3.63) is 0 Å². The SMILES string of the molecule is CSCCCCCNC(=O)CBr. The molecule has 0 rings (SSSR count). The number of nitrogens with one attached hydrogen (secondary N) is 1. The second-order valence-electron chi connectivity index (χ2n) is 2.54. The summed E-state index contributed by atoms with van der Waals surface area (Å²) in [5.41, 5.74) is 0. The number of amides is 1. The second kappa shape index (κ2) is 9.39. The number of rotatable bonds is 7. The van der Waals surface area contributed by atoms with Crippen molar-refractivity contribution in [3.8, 4) is 0 Å². The predicted molar refractivity (Wildman–Crippen MR) is 59.0 cm³/mol. The molecule has 0 aliphatic rings. The maximum absolute atomic E-state index is 10.7. The van der Waals surface area contributed by atoms with Gasteiger partial charge in [0, 0.05) is 6.54 Å². The molecule has 1 amide bonds. The van der Waals surface area contributed by atoms with Gasteiger partial charge in [-0.2, -0.15) is 11.8 Å². The first kappa shape index (κ1) is 12.3. The van der Waals surface area contributed by atoms with E-state index in [0.29, 0.717) is 5.33 Å². The van der Waals surface area contributed by atoms with Gasteiger partial charge in [0.1, 0.15) is 0 Å². The largest absolute Gasteiger partial charge is 0.355 e. The first-order chi connectivity index (χ1) is 5.81. The van der Waals surface area contributed by atoms with Crippen molar-refractivity contribution in [2.75, 3.05) is 23.9 Å². The van der Waals surface area contributed by atoms with E-state index < -0.39 is 0 Å². The van der Waals surface area contributed by atoms with Crippen LogP contribution in [0.5, 0.6) is 0 Å². The summed E-state index contributed by atoms with van der Waals surface area (Å²) >= 11 is 4.97. The number of carbonyl (C=O) groups is 1. The molecular weight excluding hydrogens is 238 g/mol. The average Bonchev–Trinajstić information content (AvgIpc) is 2.10. The first-order valence-electron chi connectivity index (χ1n) is 4.13. The molecule has 0 aromatic carbocycles. The maximum atomic E-state index is 10.7. The molecule has 0 aromatic rings. The lowest BCUT2D eigenvalue weighted by molar-refractivity contribution is -0.118. The van der Waals surface area contributed by atoms with Crippen molar-refractivity contribution >= 4 is 33.6 Å². The summed E-state index contributed by atoms with van der Waals surface area (Å²) in [5.74, 6) is 1.31. The van der Waals surface area contributed by atoms with Gasteiger partial charge < -0.3 is 5.32 Å². The summed E-state index contributed by atoms with van der Waals surface area (Å²) in [7, 11) is 0. The van der Waals surface area contributed by atoms with Crippen LogP contribution in [0.1, 0.15) is 19.3 Å². The minimum atomic E-state index is 0.0832. The quantitative estimate of drug-likeness (QED) is 0.556. The Hall–Kier alpha value is 0.300. The van der Waals surface area contributed by atoms with E-state index in [0.717, 1.165) is 13.0 Å². The van der Waals surface area contributed by atoms with Crippen molar-refractivity contribution in [1.29, 1.82) is 0 Å². The third-order valence-electron chi connectivity index (χ3n) is 1.47. The smallest absolute Gasteiger partial charge is 0.230 e. The van der Waals surface area contributed by atoms with Gasteiger partial charge >= 0.3 is 0 Å². The van der Waals surface area contributed by atoms with Gasteiger partial charge in [0.05, 0.1) is 5.33 Å². The summed E-state index contributed by atoms with van der Waals surface area (Å²) in [5, 5.41) is 3.23. The van der Waals surface area contributed by atoms with E-state index in [1.807, 2.05) is 11.8 Å². The maximum Gasteiger partial charge on any atom is 0.230 e. The summed E-state index contributed by atoms with van der Waals surface area (Å²) < 4.78 is 0. The molecule has 0 atom stereocenters. The molecule has 2 nitrogen and oxygen atoms in total. The first-order valence-corrected chi connectivity index (χ1v) is 6.64. The Balaban J connectivity index is 2.95. The fraction of sp³-hybridized carbons (Fsp3) is 0.875. The molecule has 0 unspecified atom stereocenters. The lowest BCUT2D eigenvalue weighted by Gasteiger charge is -2.01. The van der Waals surface area contributed by atoms with Crippen LogP contribution < -0.4 is 5.32 Å². The van der Waals surface area contributed by atoms with Crippen LogP contribution >= 0.6 is 27.7 Å². The van der Waals surface area contributed by atoms with Crippen LogP contribution in [0.2, 0.25) is 0 Å². The third kappa shape index (κ3) is 8.40. The number of hydrogen-bond acceptors (Lipinski definition) is 2. The number of carbonyl (C=O) groups excluding carboxylic acids is 1. The zero-order valence-corrected chi connectivity index (χ0v) is 9.84. The van der Waals surface area contributed by atoms with Crippen LogP contribution in [0, 0.1) is 0 Å². The Morgan fingerprint density at radius 3 is 2.75 bits per heavy atom. The summed E-state index contributed by atoms with van der Waals surface area (Å²) in [6.45, 7) is 0.818. The van der Waals surface area contributed by atoms with Crippen LogP contribution in [0.15, 0.2) is 0 Å². The molecular formula is C8H16BrNOS. The minimum absolute atomic E-state index is 0.0832. The van der Waals surface area contributed by atoms with Gasteiger partial charge in [-0.05, 0) is 24.9 Å². The third-order valence-corrected chi connectivity index (χ3v) is 2.67. The van der Waals surface area contributed by atoms with E-state index in [4.69, 9.17) is 0 Å². The number of alkyl halides is 1. The molecule has 0 saturated carbocycles. The van der Waals surface area contributed by atoms with E-state index in [1.54, 1.807) is 0 Å². The van der Waals surface area contributed by atoms with Crippen LogP contribution in [0.4, 0.5) is 0 Å². The molecule has 0 heterocycles. The van der Waals surface area contributed by atoms with E-state index >= 15 is 0 Å². The lowest BCUT2D eigenvalue weighted by atomic mass is 10.2. The summed E-state index contributed by atoms with van der Waals surface area (Å²) in [6.07, 6.45) is 5.68. The van der Waals surface area contributed by atoms with Gasteiger partial charge in [-0.1, -0.05) is 22.4 Å². The van der Waals surface area contributed by atoms with E-state index in [1.165, 1.54) is 18.6 Å². The zero-order valence-electron chi connectivity index (χ0n) is 7.44. The Kier molecular flexibility index (Phi) is 9.62. The van der Waals surface area contributed by atoms with Gasteiger partial charge in [0.2, 0.25) is 5.91 Å². The molecule has 0 radical (unpaired) electrons. The van der Waals surface area contributed by atoms with Crippen LogP contribution in [0.3, 0.4) is 0 Å². The number of unbranched alkanes of at least 4 members (excludes halogenated alkanes) is 2. The van der Waals surface area contributed by atoms with Crippen LogP contribution in [-0.2, 0) is 4.79 Å². The normalized spacial score (nSPS) is 9.83. The van der Waals surface area contributed by atoms with E-state index in [-0.39, 0.29) is 5.91 Å². The zero-order chi connectivity index (χ0) is 9.23. The van der Waals surface area contributed by atoms with Crippen molar-refractivity contribution in [3.63, 3.8) is 0 Å². The van der Waals surface area contributed by atoms with Gasteiger partial charge in [-0.3, -0.25) is 4.79 Å². The molecule has 0 saturated heterocycles. The number of halogens is 1. The highest BCUT2D eigenvalue weighted by atomic mass is 79.9. The van der Waals surface area contributed by atoms with E-state index in [9.17, 15) is 4.79 Å². The highest BCUT2D eigenvalue weighted by Gasteiger charge is 1.95. The molecule has 12 heavy (non-hydrogen) atoms. The number of thioether (sulfide) groups is 1. The Morgan fingerprint density at radius 1 is 1.42 bits per heavy atom. The predicted octanol–water partition coefficient (Wildman–Crippen LogP) is 2.03. The van der Waals surface area contributed by atoms with Gasteiger partial charge in [-0.25, -0.2) is 0 Å². The molecule has 0 aliphatic carbocycles. The molecule has 0 fully saturated rings. The fourth-order valence-corrected chi connectivity index (χ4v) is 1.51. The molecule has 0 aromatic heterocycles. The van der Waals surface area contributed by atoms with Crippen molar-refractivity contribution in [2.24, 2.45) is 0 Å². The van der Waals surface area contributed by atoms with Gasteiger partial charge in [0.25, 0.3) is 0 Å². The van der Waals surface area contributed by atoms with Crippen LogP contribution in [0.25, 0.3) is 0 Å². The molecule has 0 bridgehead atoms. The van der Waals surface area contributed by atoms with Gasteiger partial charge in [0.15, 0.2) is 0 Å². The molecule has 72 valence electrons. The van der Waals surface area contributed by atoms with E-state index in [2.05, 4.69) is 27.5 Å². The topological polar surface area (TPSA) is 29.1 Å². The standard InChI is InChI=1S/C8H16BrNOS/c1-12-6-4-2-3-5-10-8(11)7-9/h2-7H2,1H3,(H,10,11). The number of hydrogen-bond donors (Lipinski definition) is 1. The average molecular weight is 254 g/mol. The molecule has 4 heteroatoms. The van der Waals surface area contributed by atoms with Gasteiger partial charge in [-0.15, -0.1) is 0 Å². The van der Waals surface area contributed by atoms with Crippen LogP contribution in [-0.4, -0.2) is 29.8 Å². The van der Waals surface area contributed by atoms with Crippen molar-refractivity contribution in [2.45, 2.75) is 19.3 Å². The van der Waals surface area contributed by atoms with Crippen molar-refractivity contribution < 1.29 is 4.79 Å². The molecule has 0 spiro atoms.